The van der Waals surface area contributed by atoms with Gasteiger partial charge in [0.15, 0.2) is 6.04 Å². The predicted molar refractivity (Wildman–Crippen MR) is 57.4 cm³/mol. The molecule has 86 valence electrons. The fourth-order valence-corrected chi connectivity index (χ4v) is 1.25. The zero-order valence-electron chi connectivity index (χ0n) is 8.18. The number of hydrogen-bond donors (Lipinski definition) is 3. The third kappa shape index (κ3) is 3.22. The molecule has 1 aromatic rings. The normalized spacial score (nSPS) is 11.9. The number of nitrogens with one attached hydrogen (secondary N) is 1. The third-order valence-corrected chi connectivity index (χ3v) is 2.11. The molecule has 0 saturated heterocycles. The summed E-state index contributed by atoms with van der Waals surface area (Å²) in [6.45, 7) is -0.665. The van der Waals surface area contributed by atoms with Crippen molar-refractivity contribution in [3.8, 4) is 0 Å². The molecule has 0 radical (unpaired) electrons. The Labute approximate surface area is 96.7 Å². The molecular weight excluding hydrogens is 234 g/mol. The summed E-state index contributed by atoms with van der Waals surface area (Å²) >= 11 is 5.68. The van der Waals surface area contributed by atoms with Crippen molar-refractivity contribution in [3.05, 3.63) is 34.9 Å². The van der Waals surface area contributed by atoms with E-state index in [0.717, 1.165) is 0 Å². The van der Waals surface area contributed by atoms with Gasteiger partial charge >= 0.3 is 5.97 Å². The highest BCUT2D eigenvalue weighted by molar-refractivity contribution is 6.30. The van der Waals surface area contributed by atoms with Crippen molar-refractivity contribution in [1.29, 1.82) is 0 Å². The van der Waals surface area contributed by atoms with E-state index < -0.39 is 24.5 Å². The summed E-state index contributed by atoms with van der Waals surface area (Å²) in [6.07, 6.45) is 0. The van der Waals surface area contributed by atoms with Gasteiger partial charge < -0.3 is 15.5 Å². The van der Waals surface area contributed by atoms with Gasteiger partial charge in [0.25, 0.3) is 5.91 Å². The lowest BCUT2D eigenvalue weighted by atomic mass is 10.2. The molecule has 0 unspecified atom stereocenters. The predicted octanol–water partition coefficient (Wildman–Crippen LogP) is 0.515. The van der Waals surface area contributed by atoms with Crippen molar-refractivity contribution in [3.63, 3.8) is 0 Å². The van der Waals surface area contributed by atoms with Crippen LogP contribution in [0.4, 0.5) is 0 Å². The Kier molecular flexibility index (Phi) is 4.28. The largest absolute Gasteiger partial charge is 0.480 e. The highest BCUT2D eigenvalue weighted by Gasteiger charge is 2.19. The molecule has 1 amide bonds. The fourth-order valence-electron chi connectivity index (χ4n) is 1.06. The Morgan fingerprint density at radius 1 is 1.44 bits per heavy atom. The van der Waals surface area contributed by atoms with E-state index in [1.165, 1.54) is 12.1 Å². The van der Waals surface area contributed by atoms with Gasteiger partial charge in [-0.15, -0.1) is 0 Å². The number of carboxylic acids is 1. The van der Waals surface area contributed by atoms with Crippen molar-refractivity contribution in [2.75, 3.05) is 6.61 Å². The summed E-state index contributed by atoms with van der Waals surface area (Å²) in [5.74, 6) is -1.89. The summed E-state index contributed by atoms with van der Waals surface area (Å²) in [6, 6.07) is 4.77. The van der Waals surface area contributed by atoms with E-state index in [4.69, 9.17) is 21.8 Å². The van der Waals surface area contributed by atoms with Crippen LogP contribution in [0.15, 0.2) is 24.3 Å². The molecule has 1 rings (SSSR count). The molecule has 0 aliphatic rings. The van der Waals surface area contributed by atoms with Crippen molar-refractivity contribution in [1.82, 2.24) is 5.32 Å². The number of hydrogen-bond acceptors (Lipinski definition) is 3. The number of aliphatic carboxylic acids is 1. The number of rotatable bonds is 4. The van der Waals surface area contributed by atoms with Gasteiger partial charge in [-0.3, -0.25) is 4.79 Å². The first-order valence-electron chi connectivity index (χ1n) is 4.44. The second-order valence-corrected chi connectivity index (χ2v) is 3.49. The molecule has 0 aromatic heterocycles. The molecule has 0 aliphatic carbocycles. The van der Waals surface area contributed by atoms with Crippen molar-refractivity contribution in [2.24, 2.45) is 0 Å². The first-order chi connectivity index (χ1) is 7.54. The van der Waals surface area contributed by atoms with Gasteiger partial charge in [0.2, 0.25) is 0 Å². The molecule has 3 N–H and O–H groups in total. The topological polar surface area (TPSA) is 86.6 Å². The van der Waals surface area contributed by atoms with E-state index in [0.29, 0.717) is 5.02 Å². The lowest BCUT2D eigenvalue weighted by Gasteiger charge is -2.11. The lowest BCUT2D eigenvalue weighted by molar-refractivity contribution is -0.140. The minimum atomic E-state index is -1.31. The van der Waals surface area contributed by atoms with E-state index in [1.807, 2.05) is 0 Å². The summed E-state index contributed by atoms with van der Waals surface area (Å²) in [5.41, 5.74) is 0.243. The summed E-state index contributed by atoms with van der Waals surface area (Å²) < 4.78 is 0. The van der Waals surface area contributed by atoms with E-state index >= 15 is 0 Å². The number of carbonyl (C=O) groups is 2. The number of benzene rings is 1. The molecule has 6 heteroatoms. The van der Waals surface area contributed by atoms with Gasteiger partial charge in [0, 0.05) is 10.6 Å². The van der Waals surface area contributed by atoms with Gasteiger partial charge in [-0.25, -0.2) is 4.79 Å². The van der Waals surface area contributed by atoms with Crippen LogP contribution in [0, 0.1) is 0 Å². The minimum Gasteiger partial charge on any atom is -0.480 e. The Hall–Kier alpha value is -1.59. The third-order valence-electron chi connectivity index (χ3n) is 1.87. The molecule has 16 heavy (non-hydrogen) atoms. The smallest absolute Gasteiger partial charge is 0.328 e. The number of carboxylic acid groups (broad SMARTS) is 1. The highest BCUT2D eigenvalue weighted by atomic mass is 35.5. The average molecular weight is 244 g/mol. The van der Waals surface area contributed by atoms with Crippen molar-refractivity contribution >= 4 is 23.5 Å². The number of aliphatic hydroxyl groups excluding tert-OH is 1. The first-order valence-corrected chi connectivity index (χ1v) is 4.82. The Morgan fingerprint density at radius 3 is 2.62 bits per heavy atom. The molecule has 5 nitrogen and oxygen atoms in total. The second kappa shape index (κ2) is 5.48. The average Bonchev–Trinajstić information content (AvgIpc) is 2.25. The maximum Gasteiger partial charge on any atom is 0.328 e. The van der Waals surface area contributed by atoms with Gasteiger partial charge in [-0.2, -0.15) is 0 Å². The molecule has 0 bridgehead atoms. The van der Waals surface area contributed by atoms with Gasteiger partial charge in [0.05, 0.1) is 6.61 Å². The van der Waals surface area contributed by atoms with Gasteiger partial charge in [0.1, 0.15) is 0 Å². The maximum absolute atomic E-state index is 11.5. The first kappa shape index (κ1) is 12.5. The summed E-state index contributed by atoms with van der Waals surface area (Å²) in [7, 11) is 0. The number of aliphatic hydroxyl groups is 1. The van der Waals surface area contributed by atoms with Crippen LogP contribution in [0.5, 0.6) is 0 Å². The van der Waals surface area contributed by atoms with Crippen LogP contribution in [0.25, 0.3) is 0 Å². The Morgan fingerprint density at radius 2 is 2.12 bits per heavy atom. The molecule has 0 heterocycles. The summed E-state index contributed by atoms with van der Waals surface area (Å²) in [4.78, 5) is 22.1. The van der Waals surface area contributed by atoms with Gasteiger partial charge in [-0.05, 0) is 18.2 Å². The zero-order valence-corrected chi connectivity index (χ0v) is 8.94. The monoisotopic (exact) mass is 243 g/mol. The molecule has 1 atom stereocenters. The number of amides is 1. The van der Waals surface area contributed by atoms with Gasteiger partial charge in [-0.1, -0.05) is 17.7 Å². The van der Waals surface area contributed by atoms with Crippen LogP contribution in [-0.2, 0) is 4.79 Å². The number of carbonyl (C=O) groups excluding carboxylic acids is 1. The van der Waals surface area contributed by atoms with Crippen LogP contribution in [-0.4, -0.2) is 34.7 Å². The molecular formula is C10H10ClNO4. The van der Waals surface area contributed by atoms with Crippen LogP contribution < -0.4 is 5.32 Å². The Bertz CT molecular complexity index is 408. The Balaban J connectivity index is 2.75. The van der Waals surface area contributed by atoms with E-state index in [9.17, 15) is 9.59 Å². The molecule has 0 aliphatic heterocycles. The standard InChI is InChI=1S/C10H10ClNO4/c11-7-3-1-2-6(4-7)9(14)12-8(5-13)10(15)16/h1-4,8,13H,5H2,(H,12,14)(H,15,16)/t8-/m0/s1. The molecule has 0 spiro atoms. The zero-order chi connectivity index (χ0) is 12.1. The van der Waals surface area contributed by atoms with Crippen LogP contribution in [0.1, 0.15) is 10.4 Å². The van der Waals surface area contributed by atoms with Crippen molar-refractivity contribution in [2.45, 2.75) is 6.04 Å². The SMILES string of the molecule is O=C(N[C@@H](CO)C(=O)O)c1cccc(Cl)c1. The number of halogens is 1. The van der Waals surface area contributed by atoms with Crippen LogP contribution >= 0.6 is 11.6 Å². The van der Waals surface area contributed by atoms with Crippen molar-refractivity contribution < 1.29 is 19.8 Å². The fraction of sp³-hybridized carbons (Fsp3) is 0.200. The molecule has 1 aromatic carbocycles. The summed E-state index contributed by atoms with van der Waals surface area (Å²) in [5, 5.41) is 19.9. The highest BCUT2D eigenvalue weighted by Crippen LogP contribution is 2.10. The lowest BCUT2D eigenvalue weighted by Crippen LogP contribution is -2.43. The van der Waals surface area contributed by atoms with Crippen LogP contribution in [0.2, 0.25) is 5.02 Å². The molecule has 0 saturated carbocycles. The quantitative estimate of drug-likeness (QED) is 0.719. The van der Waals surface area contributed by atoms with E-state index in [2.05, 4.69) is 5.32 Å². The second-order valence-electron chi connectivity index (χ2n) is 3.06. The van der Waals surface area contributed by atoms with Crippen LogP contribution in [0.3, 0.4) is 0 Å². The minimum absolute atomic E-state index is 0.243. The molecule has 0 fully saturated rings. The maximum atomic E-state index is 11.5. The van der Waals surface area contributed by atoms with E-state index in [-0.39, 0.29) is 5.56 Å². The van der Waals surface area contributed by atoms with E-state index in [1.54, 1.807) is 12.1 Å².